The fourth-order valence-electron chi connectivity index (χ4n) is 3.59. The quantitative estimate of drug-likeness (QED) is 0.599. The molecule has 6 heteroatoms. The number of imide groups is 1. The van der Waals surface area contributed by atoms with Crippen LogP contribution in [-0.4, -0.2) is 24.0 Å². The number of carbonyl (C=O) groups is 4. The average molecular weight is 356 g/mol. The number of hydrogen-bond acceptors (Lipinski definition) is 4. The molecule has 0 fully saturated rings. The van der Waals surface area contributed by atoms with Gasteiger partial charge in [0.15, 0.2) is 0 Å². The predicted octanol–water partition coefficient (Wildman–Crippen LogP) is 2.40. The highest BCUT2D eigenvalue weighted by atomic mass is 16.2. The molecule has 2 N–H and O–H groups in total. The van der Waals surface area contributed by atoms with Gasteiger partial charge in [-0.15, -0.1) is 0 Å². The summed E-state index contributed by atoms with van der Waals surface area (Å²) in [6.07, 6.45) is 4.47. The van der Waals surface area contributed by atoms with E-state index in [0.29, 0.717) is 18.5 Å². The molecule has 6 nitrogen and oxygen atoms in total. The SMILES string of the molecule is CC(C)(C=O)CC(C)(C)Cc1ccc(N2C(=O)C=CC2=O)cc1C(N)=O. The normalized spacial score (nSPS) is 14.8. The summed E-state index contributed by atoms with van der Waals surface area (Å²) < 4.78 is 0. The van der Waals surface area contributed by atoms with Crippen LogP contribution in [0.3, 0.4) is 0 Å². The Bertz CT molecular complexity index is 788. The van der Waals surface area contributed by atoms with Gasteiger partial charge in [0.25, 0.3) is 11.8 Å². The van der Waals surface area contributed by atoms with E-state index in [1.54, 1.807) is 12.1 Å². The molecule has 0 saturated heterocycles. The number of amides is 3. The van der Waals surface area contributed by atoms with Crippen LogP contribution < -0.4 is 10.6 Å². The number of anilines is 1. The number of benzene rings is 1. The molecule has 0 unspecified atom stereocenters. The van der Waals surface area contributed by atoms with Crippen LogP contribution in [0.5, 0.6) is 0 Å². The maximum Gasteiger partial charge on any atom is 0.258 e. The van der Waals surface area contributed by atoms with Crippen LogP contribution in [-0.2, 0) is 20.8 Å². The minimum atomic E-state index is -0.626. The lowest BCUT2D eigenvalue weighted by atomic mass is 9.72. The van der Waals surface area contributed by atoms with E-state index in [2.05, 4.69) is 0 Å². The van der Waals surface area contributed by atoms with Crippen molar-refractivity contribution >= 4 is 29.7 Å². The van der Waals surface area contributed by atoms with Crippen molar-refractivity contribution < 1.29 is 19.2 Å². The molecule has 1 aromatic carbocycles. The van der Waals surface area contributed by atoms with Gasteiger partial charge in [-0.2, -0.15) is 0 Å². The molecule has 0 atom stereocenters. The molecule has 3 amide bonds. The van der Waals surface area contributed by atoms with E-state index < -0.39 is 23.1 Å². The van der Waals surface area contributed by atoms with Crippen LogP contribution in [0.2, 0.25) is 0 Å². The molecule has 0 aromatic heterocycles. The number of nitrogens with zero attached hydrogens (tertiary/aromatic N) is 1. The van der Waals surface area contributed by atoms with Gasteiger partial charge in [0.1, 0.15) is 6.29 Å². The van der Waals surface area contributed by atoms with Crippen molar-refractivity contribution in [2.75, 3.05) is 4.90 Å². The van der Waals surface area contributed by atoms with Gasteiger partial charge in [-0.1, -0.05) is 33.8 Å². The van der Waals surface area contributed by atoms with Gasteiger partial charge in [0.2, 0.25) is 5.91 Å². The maximum atomic E-state index is 11.9. The molecule has 26 heavy (non-hydrogen) atoms. The van der Waals surface area contributed by atoms with E-state index >= 15 is 0 Å². The zero-order valence-electron chi connectivity index (χ0n) is 15.5. The molecule has 1 aliphatic rings. The van der Waals surface area contributed by atoms with Gasteiger partial charge in [-0.05, 0) is 36.0 Å². The number of hydrogen-bond donors (Lipinski definition) is 1. The van der Waals surface area contributed by atoms with E-state index in [-0.39, 0.29) is 11.0 Å². The summed E-state index contributed by atoms with van der Waals surface area (Å²) in [5, 5.41) is 0. The van der Waals surface area contributed by atoms with Crippen LogP contribution in [0.25, 0.3) is 0 Å². The van der Waals surface area contributed by atoms with Crippen molar-refractivity contribution in [2.24, 2.45) is 16.6 Å². The summed E-state index contributed by atoms with van der Waals surface area (Å²) >= 11 is 0. The van der Waals surface area contributed by atoms with Gasteiger partial charge in [-0.25, -0.2) is 4.90 Å². The lowest BCUT2D eigenvalue weighted by Crippen LogP contribution is -2.30. The largest absolute Gasteiger partial charge is 0.366 e. The molecule has 2 rings (SSSR count). The van der Waals surface area contributed by atoms with Crippen molar-refractivity contribution in [2.45, 2.75) is 40.5 Å². The Hall–Kier alpha value is -2.76. The van der Waals surface area contributed by atoms with Crippen LogP contribution in [0, 0.1) is 10.8 Å². The standard InChI is InChI=1S/C20H24N2O4/c1-19(2,11-20(3,4)12-23)10-13-5-6-14(9-15(13)18(21)26)22-16(24)7-8-17(22)25/h5-9,12H,10-11H2,1-4H3,(H2,21,26). The first-order chi connectivity index (χ1) is 12.0. The third kappa shape index (κ3) is 4.25. The summed E-state index contributed by atoms with van der Waals surface area (Å²) in [5.41, 5.74) is 6.10. The molecule has 138 valence electrons. The Morgan fingerprint density at radius 2 is 1.69 bits per heavy atom. The van der Waals surface area contributed by atoms with Crippen molar-refractivity contribution in [3.8, 4) is 0 Å². The van der Waals surface area contributed by atoms with E-state index in [9.17, 15) is 19.2 Å². The molecule has 0 saturated carbocycles. The first-order valence-corrected chi connectivity index (χ1v) is 8.41. The fraction of sp³-hybridized carbons (Fsp3) is 0.400. The van der Waals surface area contributed by atoms with Gasteiger partial charge in [0.05, 0.1) is 5.69 Å². The van der Waals surface area contributed by atoms with E-state index in [0.717, 1.165) is 16.7 Å². The highest BCUT2D eigenvalue weighted by Crippen LogP contribution is 2.36. The smallest absolute Gasteiger partial charge is 0.258 e. The number of carbonyl (C=O) groups excluding carboxylic acids is 4. The second kappa shape index (κ2) is 6.86. The molecular weight excluding hydrogens is 332 g/mol. The Morgan fingerprint density at radius 3 is 2.19 bits per heavy atom. The third-order valence-electron chi connectivity index (χ3n) is 4.35. The van der Waals surface area contributed by atoms with Crippen molar-refractivity contribution in [3.05, 3.63) is 41.5 Å². The zero-order chi connectivity index (χ0) is 19.7. The number of primary amides is 1. The molecule has 0 spiro atoms. The van der Waals surface area contributed by atoms with Crippen LogP contribution in [0.4, 0.5) is 5.69 Å². The Morgan fingerprint density at radius 1 is 1.12 bits per heavy atom. The first kappa shape index (κ1) is 19.6. The second-order valence-electron chi connectivity index (χ2n) is 8.18. The van der Waals surface area contributed by atoms with Crippen LogP contribution >= 0.6 is 0 Å². The van der Waals surface area contributed by atoms with E-state index in [1.807, 2.05) is 27.7 Å². The molecular formula is C20H24N2O4. The second-order valence-corrected chi connectivity index (χ2v) is 8.18. The number of nitrogens with two attached hydrogens (primary N) is 1. The summed E-state index contributed by atoms with van der Waals surface area (Å²) in [4.78, 5) is 47.9. The summed E-state index contributed by atoms with van der Waals surface area (Å²) in [6.45, 7) is 7.79. The number of rotatable bonds is 7. The van der Waals surface area contributed by atoms with E-state index in [1.165, 1.54) is 18.2 Å². The zero-order valence-corrected chi connectivity index (χ0v) is 15.5. The Kier molecular flexibility index (Phi) is 5.16. The lowest BCUT2D eigenvalue weighted by Gasteiger charge is -2.32. The fourth-order valence-corrected chi connectivity index (χ4v) is 3.59. The van der Waals surface area contributed by atoms with Gasteiger partial charge in [-0.3, -0.25) is 14.4 Å². The summed E-state index contributed by atoms with van der Waals surface area (Å²) in [5.74, 6) is -1.53. The molecule has 0 bridgehead atoms. The summed E-state index contributed by atoms with van der Waals surface area (Å²) in [7, 11) is 0. The van der Waals surface area contributed by atoms with Crippen LogP contribution in [0.1, 0.15) is 50.0 Å². The monoisotopic (exact) mass is 356 g/mol. The summed E-state index contributed by atoms with van der Waals surface area (Å²) in [6, 6.07) is 4.82. The highest BCUT2D eigenvalue weighted by Gasteiger charge is 2.31. The predicted molar refractivity (Wildman–Crippen MR) is 98.5 cm³/mol. The van der Waals surface area contributed by atoms with Crippen molar-refractivity contribution in [3.63, 3.8) is 0 Å². The molecule has 1 aromatic rings. The van der Waals surface area contributed by atoms with Crippen molar-refractivity contribution in [1.82, 2.24) is 0 Å². The average Bonchev–Trinajstić information content (AvgIpc) is 2.85. The van der Waals surface area contributed by atoms with Gasteiger partial charge < -0.3 is 10.5 Å². The molecule has 0 radical (unpaired) electrons. The minimum Gasteiger partial charge on any atom is -0.366 e. The molecule has 1 aliphatic heterocycles. The van der Waals surface area contributed by atoms with Gasteiger partial charge in [0, 0.05) is 23.1 Å². The third-order valence-corrected chi connectivity index (χ3v) is 4.35. The van der Waals surface area contributed by atoms with E-state index in [4.69, 9.17) is 5.73 Å². The van der Waals surface area contributed by atoms with Crippen molar-refractivity contribution in [1.29, 1.82) is 0 Å². The van der Waals surface area contributed by atoms with Gasteiger partial charge >= 0.3 is 0 Å². The lowest BCUT2D eigenvalue weighted by molar-refractivity contribution is -0.120. The first-order valence-electron chi connectivity index (χ1n) is 8.41. The highest BCUT2D eigenvalue weighted by molar-refractivity contribution is 6.28. The molecule has 0 aliphatic carbocycles. The van der Waals surface area contributed by atoms with Crippen LogP contribution in [0.15, 0.2) is 30.4 Å². The number of aldehydes is 1. The minimum absolute atomic E-state index is 0.253. The Labute approximate surface area is 153 Å². The maximum absolute atomic E-state index is 11.9. The topological polar surface area (TPSA) is 97.5 Å². The molecule has 1 heterocycles. The Balaban J connectivity index is 2.35.